The highest BCUT2D eigenvalue weighted by Gasteiger charge is 2.57. The highest BCUT2D eigenvalue weighted by Crippen LogP contribution is 2.63. The molecule has 6 heteroatoms. The first-order valence-electron chi connectivity index (χ1n) is 4.36. The molecule has 2 rings (SSSR count). The largest absolute Gasteiger partial charge is 0.292 e. The molecule has 0 radical (unpaired) electrons. The maximum absolute atomic E-state index is 3.78. The third kappa shape index (κ3) is 1.88. The molecule has 0 fully saturated rings. The van der Waals surface area contributed by atoms with Gasteiger partial charge < -0.3 is 0 Å². The van der Waals surface area contributed by atoms with Crippen LogP contribution in [0.5, 0.6) is 0 Å². The molecule has 1 aliphatic rings. The van der Waals surface area contributed by atoms with Gasteiger partial charge >= 0.3 is 0 Å². The van der Waals surface area contributed by atoms with E-state index in [2.05, 4.69) is 92.0 Å². The Kier molecular flexibility index (Phi) is 3.98. The molecule has 0 saturated carbocycles. The molecule has 0 aromatic heterocycles. The maximum Gasteiger partial charge on any atom is 0.160 e. The van der Waals surface area contributed by atoms with Crippen molar-refractivity contribution in [2.45, 2.75) is 7.68 Å². The van der Waals surface area contributed by atoms with Gasteiger partial charge in [-0.05, 0) is 5.56 Å². The lowest BCUT2D eigenvalue weighted by Gasteiger charge is -2.38. The van der Waals surface area contributed by atoms with Gasteiger partial charge in [0, 0.05) is 10.7 Å². The van der Waals surface area contributed by atoms with Gasteiger partial charge in [-0.25, -0.2) is 0 Å². The molecule has 16 heavy (non-hydrogen) atoms. The molecule has 0 amide bonds. The Morgan fingerprint density at radius 1 is 1.00 bits per heavy atom. The minimum absolute atomic E-state index is 0.419. The number of hydrogen-bond acceptors (Lipinski definition) is 1. The first kappa shape index (κ1) is 13.6. The van der Waals surface area contributed by atoms with E-state index in [-0.39, 0.29) is 0 Å². The summed E-state index contributed by atoms with van der Waals surface area (Å²) in [5, 5.41) is 0. The summed E-state index contributed by atoms with van der Waals surface area (Å²) >= 11 is 18.2. The minimum Gasteiger partial charge on any atom is -0.292 e. The summed E-state index contributed by atoms with van der Waals surface area (Å²) in [4.78, 5) is 0. The second kappa shape index (κ2) is 4.68. The smallest absolute Gasteiger partial charge is 0.160 e. The molecule has 0 bridgehead atoms. The molecule has 0 N–H and O–H groups in total. The highest BCUT2D eigenvalue weighted by molar-refractivity contribution is 9.27. The average Bonchev–Trinajstić information content (AvgIpc) is 2.42. The Morgan fingerprint density at radius 3 is 2.00 bits per heavy atom. The second-order valence-corrected chi connectivity index (χ2v) is 9.56. The molecule has 0 aliphatic carbocycles. The zero-order valence-corrected chi connectivity index (χ0v) is 15.7. The molecular weight excluding hydrogens is 534 g/mol. The molecule has 1 aromatic rings. The van der Waals surface area contributed by atoms with E-state index in [1.807, 2.05) is 28.3 Å². The van der Waals surface area contributed by atoms with E-state index in [1.54, 1.807) is 0 Å². The lowest BCUT2D eigenvalue weighted by molar-refractivity contribution is 0.466. The van der Waals surface area contributed by atoms with Gasteiger partial charge in [-0.2, -0.15) is 0 Å². The predicted octanol–water partition coefficient (Wildman–Crippen LogP) is 5.58. The van der Waals surface area contributed by atoms with Crippen molar-refractivity contribution in [3.05, 3.63) is 46.6 Å². The fourth-order valence-corrected chi connectivity index (χ4v) is 5.33. The average molecular weight is 540 g/mol. The van der Waals surface area contributed by atoms with Gasteiger partial charge in [-0.15, -0.1) is 0 Å². The third-order valence-corrected chi connectivity index (χ3v) is 9.97. The fraction of sp³-hybridized carbons (Fsp3) is 0.200. The summed E-state index contributed by atoms with van der Waals surface area (Å²) in [6.45, 7) is 0. The molecule has 1 aromatic carbocycles. The maximum atomic E-state index is 3.78. The summed E-state index contributed by atoms with van der Waals surface area (Å²) in [6.07, 6.45) is 1.96. The lowest BCUT2D eigenvalue weighted by Crippen LogP contribution is -2.40. The van der Waals surface area contributed by atoms with Crippen LogP contribution in [0.2, 0.25) is 0 Å². The molecule has 0 saturated heterocycles. The monoisotopic (exact) mass is 535 g/mol. The van der Waals surface area contributed by atoms with Gasteiger partial charge in [0.05, 0.1) is 16.1 Å². The number of benzene rings is 1. The van der Waals surface area contributed by atoms with Crippen molar-refractivity contribution in [3.8, 4) is 0 Å². The van der Waals surface area contributed by atoms with Gasteiger partial charge in [0.15, 0.2) is 7.68 Å². The number of halogens is 5. The summed E-state index contributed by atoms with van der Waals surface area (Å²) < 4.78 is 2.08. The van der Waals surface area contributed by atoms with Crippen LogP contribution in [0.25, 0.3) is 0 Å². The second-order valence-electron chi connectivity index (χ2n) is 3.35. The van der Waals surface area contributed by atoms with Gasteiger partial charge in [-0.3, -0.25) is 3.93 Å². The van der Waals surface area contributed by atoms with Crippen LogP contribution >= 0.6 is 79.9 Å². The summed E-state index contributed by atoms with van der Waals surface area (Å²) in [6, 6.07) is 10.2. The van der Waals surface area contributed by atoms with Crippen molar-refractivity contribution < 1.29 is 0 Å². The summed E-state index contributed by atoms with van der Waals surface area (Å²) in [5.41, 5.74) is 1.13. The van der Waals surface area contributed by atoms with Crippen molar-refractivity contribution in [3.63, 3.8) is 0 Å². The summed E-state index contributed by atoms with van der Waals surface area (Å²) in [7, 11) is 0. The zero-order valence-electron chi connectivity index (χ0n) is 7.80. The quantitative estimate of drug-likeness (QED) is 0.256. The zero-order chi connectivity index (χ0) is 12.0. The van der Waals surface area contributed by atoms with Crippen molar-refractivity contribution >= 4 is 79.9 Å². The standard InChI is InChI=1S/C10H6Br5N/c11-8-6-16(15)10(14,9(8,12)13)7-4-2-1-3-5-7/h1-6H. The molecule has 1 unspecified atom stereocenters. The topological polar surface area (TPSA) is 3.24 Å². The molecule has 1 nitrogen and oxygen atoms in total. The van der Waals surface area contributed by atoms with Crippen LogP contribution in [-0.2, 0) is 4.45 Å². The van der Waals surface area contributed by atoms with Crippen molar-refractivity contribution in [2.75, 3.05) is 0 Å². The van der Waals surface area contributed by atoms with Crippen LogP contribution < -0.4 is 0 Å². The van der Waals surface area contributed by atoms with E-state index in [0.717, 1.165) is 10.0 Å². The molecule has 1 atom stereocenters. The fourth-order valence-electron chi connectivity index (χ4n) is 1.53. The molecular formula is C10H6Br5N. The molecule has 86 valence electrons. The first-order chi connectivity index (χ1) is 7.40. The lowest BCUT2D eigenvalue weighted by atomic mass is 10.1. The Hall–Kier alpha value is 1.16. The first-order valence-corrected chi connectivity index (χ1v) is 8.24. The number of nitrogens with zero attached hydrogens (tertiary/aromatic N) is 1. The van der Waals surface area contributed by atoms with Gasteiger partial charge in [0.25, 0.3) is 0 Å². The Morgan fingerprint density at radius 2 is 1.56 bits per heavy atom. The van der Waals surface area contributed by atoms with Gasteiger partial charge in [-0.1, -0.05) is 94.1 Å². The van der Waals surface area contributed by atoms with Crippen LogP contribution in [0.4, 0.5) is 0 Å². The molecule has 1 heterocycles. The Balaban J connectivity index is 2.55. The van der Waals surface area contributed by atoms with Crippen LogP contribution in [0.1, 0.15) is 5.56 Å². The number of hydrogen-bond donors (Lipinski definition) is 0. The molecule has 0 spiro atoms. The van der Waals surface area contributed by atoms with Crippen molar-refractivity contribution in [1.82, 2.24) is 3.93 Å². The van der Waals surface area contributed by atoms with E-state index in [0.29, 0.717) is 0 Å². The minimum atomic E-state index is -0.430. The number of alkyl halides is 3. The summed E-state index contributed by atoms with van der Waals surface area (Å²) in [5.74, 6) is 0. The third-order valence-electron chi connectivity index (χ3n) is 2.39. The van der Waals surface area contributed by atoms with Crippen LogP contribution in [0, 0.1) is 0 Å². The van der Waals surface area contributed by atoms with Gasteiger partial charge in [0.1, 0.15) is 0 Å². The highest BCUT2D eigenvalue weighted by atomic mass is 79.9. The number of rotatable bonds is 1. The SMILES string of the molecule is BrC1=CN(Br)C(Br)(c2ccccc2)C1(Br)Br. The van der Waals surface area contributed by atoms with Crippen LogP contribution in [0.15, 0.2) is 41.0 Å². The van der Waals surface area contributed by atoms with E-state index >= 15 is 0 Å². The van der Waals surface area contributed by atoms with E-state index in [1.165, 1.54) is 0 Å². The normalized spacial score (nSPS) is 28.1. The van der Waals surface area contributed by atoms with Crippen molar-refractivity contribution in [1.29, 1.82) is 0 Å². The van der Waals surface area contributed by atoms with Crippen molar-refractivity contribution in [2.24, 2.45) is 0 Å². The van der Waals surface area contributed by atoms with Crippen LogP contribution in [-0.4, -0.2) is 7.16 Å². The van der Waals surface area contributed by atoms with Crippen LogP contribution in [0.3, 0.4) is 0 Å². The van der Waals surface area contributed by atoms with Gasteiger partial charge in [0.2, 0.25) is 0 Å². The van der Waals surface area contributed by atoms with E-state index < -0.39 is 7.68 Å². The predicted molar refractivity (Wildman–Crippen MR) is 85.4 cm³/mol. The molecule has 1 aliphatic heterocycles. The Labute approximate surface area is 137 Å². The van der Waals surface area contributed by atoms with E-state index in [9.17, 15) is 0 Å². The Bertz CT molecular complexity index is 430. The van der Waals surface area contributed by atoms with E-state index in [4.69, 9.17) is 0 Å².